The van der Waals surface area contributed by atoms with Gasteiger partial charge in [-0.25, -0.2) is 0 Å². The fraction of sp³-hybridized carbons (Fsp3) is 0.579. The molecule has 1 N–H and O–H groups in total. The van der Waals surface area contributed by atoms with Crippen LogP contribution in [0.15, 0.2) is 24.3 Å². The second-order valence-electron chi connectivity index (χ2n) is 6.91. The third-order valence-electron chi connectivity index (χ3n) is 5.23. The molecule has 25 heavy (non-hydrogen) atoms. The Labute approximate surface area is 148 Å². The van der Waals surface area contributed by atoms with Gasteiger partial charge in [-0.1, -0.05) is 37.1 Å². The van der Waals surface area contributed by atoms with Gasteiger partial charge in [0.15, 0.2) is 0 Å². The topological polar surface area (TPSA) is 70.1 Å². The van der Waals surface area contributed by atoms with E-state index in [-0.39, 0.29) is 12.5 Å². The fourth-order valence-electron chi connectivity index (χ4n) is 4.06. The molecule has 1 amide bonds. The summed E-state index contributed by atoms with van der Waals surface area (Å²) in [6.07, 6.45) is 4.52. The highest BCUT2D eigenvalue weighted by Crippen LogP contribution is 2.28. The third-order valence-corrected chi connectivity index (χ3v) is 5.23. The predicted octanol–water partition coefficient (Wildman–Crippen LogP) is 2.05. The standard InChI is InChI=1S/C19H26N2O4/c1-25-13-14-5-4-6-15(11-14)18(19(23)24)20-9-10-21(17(22)12-20)16-7-2-3-8-16/h4-6,11,16,18H,2-3,7-10,12-13H2,1H3,(H,23,24)/t18-/m0/s1. The van der Waals surface area contributed by atoms with Gasteiger partial charge in [-0.3, -0.25) is 14.5 Å². The predicted molar refractivity (Wildman–Crippen MR) is 93.1 cm³/mol. The molecule has 6 heteroatoms. The minimum atomic E-state index is -0.920. The molecular formula is C19H26N2O4. The van der Waals surface area contributed by atoms with Crippen LogP contribution in [0.1, 0.15) is 42.9 Å². The molecule has 136 valence electrons. The van der Waals surface area contributed by atoms with Gasteiger partial charge in [0, 0.05) is 26.2 Å². The number of hydrogen-bond donors (Lipinski definition) is 1. The first-order valence-corrected chi connectivity index (χ1v) is 8.94. The van der Waals surface area contributed by atoms with Crippen LogP contribution in [0.2, 0.25) is 0 Å². The van der Waals surface area contributed by atoms with E-state index in [1.807, 2.05) is 29.2 Å². The molecule has 1 aromatic carbocycles. The molecule has 1 saturated carbocycles. The number of benzene rings is 1. The lowest BCUT2D eigenvalue weighted by Gasteiger charge is -2.40. The normalized spacial score (nSPS) is 20.8. The van der Waals surface area contributed by atoms with Gasteiger partial charge in [-0.05, 0) is 24.0 Å². The zero-order valence-electron chi connectivity index (χ0n) is 14.7. The zero-order chi connectivity index (χ0) is 17.8. The van der Waals surface area contributed by atoms with Gasteiger partial charge >= 0.3 is 5.97 Å². The van der Waals surface area contributed by atoms with Gasteiger partial charge in [0.1, 0.15) is 6.04 Å². The summed E-state index contributed by atoms with van der Waals surface area (Å²) in [7, 11) is 1.61. The average Bonchev–Trinajstić information content (AvgIpc) is 3.10. The van der Waals surface area contributed by atoms with Crippen molar-refractivity contribution >= 4 is 11.9 Å². The van der Waals surface area contributed by atoms with Crippen molar-refractivity contribution in [3.05, 3.63) is 35.4 Å². The summed E-state index contributed by atoms with van der Waals surface area (Å²) in [4.78, 5) is 28.2. The first-order valence-electron chi connectivity index (χ1n) is 8.94. The highest BCUT2D eigenvalue weighted by molar-refractivity contribution is 5.82. The maximum absolute atomic E-state index is 12.6. The van der Waals surface area contributed by atoms with E-state index in [0.717, 1.165) is 18.4 Å². The molecule has 0 bridgehead atoms. The minimum Gasteiger partial charge on any atom is -0.480 e. The first-order chi connectivity index (χ1) is 12.1. The zero-order valence-corrected chi connectivity index (χ0v) is 14.7. The lowest BCUT2D eigenvalue weighted by molar-refractivity contribution is -0.148. The van der Waals surface area contributed by atoms with Crippen LogP contribution < -0.4 is 0 Å². The van der Waals surface area contributed by atoms with Crippen LogP contribution in [-0.2, 0) is 20.9 Å². The molecule has 0 radical (unpaired) electrons. The summed E-state index contributed by atoms with van der Waals surface area (Å²) in [6.45, 7) is 1.81. The monoisotopic (exact) mass is 346 g/mol. The quantitative estimate of drug-likeness (QED) is 0.854. The van der Waals surface area contributed by atoms with E-state index >= 15 is 0 Å². The number of carbonyl (C=O) groups excluding carboxylic acids is 1. The van der Waals surface area contributed by atoms with Gasteiger partial charge in [-0.2, -0.15) is 0 Å². The van der Waals surface area contributed by atoms with Crippen molar-refractivity contribution in [1.29, 1.82) is 0 Å². The number of methoxy groups -OCH3 is 1. The van der Waals surface area contributed by atoms with Crippen LogP contribution in [0.5, 0.6) is 0 Å². The highest BCUT2D eigenvalue weighted by Gasteiger charge is 2.36. The Morgan fingerprint density at radius 1 is 1.32 bits per heavy atom. The van der Waals surface area contributed by atoms with Crippen molar-refractivity contribution < 1.29 is 19.4 Å². The van der Waals surface area contributed by atoms with Crippen molar-refractivity contribution in [2.75, 3.05) is 26.7 Å². The summed E-state index contributed by atoms with van der Waals surface area (Å²) >= 11 is 0. The van der Waals surface area contributed by atoms with Gasteiger partial charge < -0.3 is 14.7 Å². The van der Waals surface area contributed by atoms with Crippen molar-refractivity contribution in [3.63, 3.8) is 0 Å². The number of nitrogens with zero attached hydrogens (tertiary/aromatic N) is 2. The number of carboxylic acid groups (broad SMARTS) is 1. The van der Waals surface area contributed by atoms with Crippen molar-refractivity contribution in [1.82, 2.24) is 9.80 Å². The Kier molecular flexibility index (Phi) is 5.71. The number of carbonyl (C=O) groups is 2. The molecular weight excluding hydrogens is 320 g/mol. The lowest BCUT2D eigenvalue weighted by atomic mass is 10.0. The van der Waals surface area contributed by atoms with Crippen LogP contribution in [0.3, 0.4) is 0 Å². The molecule has 1 saturated heterocycles. The number of aliphatic carboxylic acids is 1. The molecule has 1 aromatic rings. The van der Waals surface area contributed by atoms with E-state index in [0.29, 0.717) is 31.3 Å². The molecule has 1 aliphatic carbocycles. The van der Waals surface area contributed by atoms with E-state index in [1.54, 1.807) is 12.0 Å². The van der Waals surface area contributed by atoms with Gasteiger partial charge in [0.25, 0.3) is 0 Å². The number of ether oxygens (including phenoxy) is 1. The summed E-state index contributed by atoms with van der Waals surface area (Å²) in [5.74, 6) is -0.867. The summed E-state index contributed by atoms with van der Waals surface area (Å²) in [5, 5.41) is 9.77. The number of piperazine rings is 1. The SMILES string of the molecule is COCc1cccc([C@@H](C(=O)O)N2CCN(C3CCCC3)C(=O)C2)c1. The van der Waals surface area contributed by atoms with Crippen molar-refractivity contribution in [2.45, 2.75) is 44.4 Å². The average molecular weight is 346 g/mol. The maximum Gasteiger partial charge on any atom is 0.325 e. The fourth-order valence-corrected chi connectivity index (χ4v) is 4.06. The van der Waals surface area contributed by atoms with Gasteiger partial charge in [-0.15, -0.1) is 0 Å². The molecule has 2 fully saturated rings. The number of carboxylic acids is 1. The molecule has 2 aliphatic rings. The van der Waals surface area contributed by atoms with Gasteiger partial charge in [0.2, 0.25) is 5.91 Å². The first kappa shape index (κ1) is 17.9. The van der Waals surface area contributed by atoms with Crippen molar-refractivity contribution in [3.8, 4) is 0 Å². The number of hydrogen-bond acceptors (Lipinski definition) is 4. The van der Waals surface area contributed by atoms with Crippen LogP contribution in [0.25, 0.3) is 0 Å². The van der Waals surface area contributed by atoms with E-state index in [1.165, 1.54) is 12.8 Å². The Morgan fingerprint density at radius 3 is 2.72 bits per heavy atom. The third kappa shape index (κ3) is 4.02. The van der Waals surface area contributed by atoms with E-state index in [4.69, 9.17) is 4.74 Å². The summed E-state index contributed by atoms with van der Waals surface area (Å²) < 4.78 is 5.13. The van der Waals surface area contributed by atoms with Crippen molar-refractivity contribution in [2.24, 2.45) is 0 Å². The maximum atomic E-state index is 12.6. The lowest BCUT2D eigenvalue weighted by Crippen LogP contribution is -2.55. The molecule has 1 heterocycles. The largest absolute Gasteiger partial charge is 0.480 e. The summed E-state index contributed by atoms with van der Waals surface area (Å²) in [6, 6.07) is 6.97. The number of rotatable bonds is 6. The molecule has 0 unspecified atom stereocenters. The Bertz CT molecular complexity index is 628. The molecule has 1 atom stereocenters. The Hall–Kier alpha value is -1.92. The second kappa shape index (κ2) is 7.97. The Balaban J connectivity index is 1.74. The molecule has 3 rings (SSSR count). The van der Waals surface area contributed by atoms with E-state index < -0.39 is 12.0 Å². The summed E-state index contributed by atoms with van der Waals surface area (Å²) in [5.41, 5.74) is 1.63. The van der Waals surface area contributed by atoms with Gasteiger partial charge in [0.05, 0.1) is 13.2 Å². The smallest absolute Gasteiger partial charge is 0.325 e. The molecule has 0 spiro atoms. The number of amides is 1. The molecule has 0 aromatic heterocycles. The van der Waals surface area contributed by atoms with E-state index in [2.05, 4.69) is 0 Å². The van der Waals surface area contributed by atoms with E-state index in [9.17, 15) is 14.7 Å². The van der Waals surface area contributed by atoms with Crippen LogP contribution >= 0.6 is 0 Å². The van der Waals surface area contributed by atoms with Crippen LogP contribution in [0, 0.1) is 0 Å². The molecule has 1 aliphatic heterocycles. The van der Waals surface area contributed by atoms with Crippen LogP contribution in [0.4, 0.5) is 0 Å². The second-order valence-corrected chi connectivity index (χ2v) is 6.91. The Morgan fingerprint density at radius 2 is 2.08 bits per heavy atom. The molecule has 6 nitrogen and oxygen atoms in total. The highest BCUT2D eigenvalue weighted by atomic mass is 16.5. The minimum absolute atomic E-state index is 0.0532. The van der Waals surface area contributed by atoms with Crippen LogP contribution in [-0.4, -0.2) is 59.6 Å².